The number of rotatable bonds is 4. The van der Waals surface area contributed by atoms with E-state index in [-0.39, 0.29) is 0 Å². The standard InChI is InChI=1S/C16H18N2OS/c1-11-8-13(17)15(19-2)10-14(11)18-16(20)9-12-6-4-3-5-7-12/h3-8,10H,9,17H2,1-2H3,(H,18,20). The Morgan fingerprint density at radius 3 is 2.60 bits per heavy atom. The Hall–Kier alpha value is -2.07. The summed E-state index contributed by atoms with van der Waals surface area (Å²) >= 11 is 5.41. The van der Waals surface area contributed by atoms with E-state index in [2.05, 4.69) is 17.4 Å². The third-order valence-electron chi connectivity index (χ3n) is 3.06. The second kappa shape index (κ2) is 6.39. The molecule has 2 aromatic carbocycles. The molecular weight excluding hydrogens is 268 g/mol. The Labute approximate surface area is 124 Å². The average Bonchev–Trinajstić information content (AvgIpc) is 2.43. The van der Waals surface area contributed by atoms with Gasteiger partial charge in [-0.25, -0.2) is 0 Å². The van der Waals surface area contributed by atoms with Gasteiger partial charge in [0.2, 0.25) is 0 Å². The van der Waals surface area contributed by atoms with E-state index in [1.165, 1.54) is 5.56 Å². The molecule has 20 heavy (non-hydrogen) atoms. The molecule has 0 amide bonds. The van der Waals surface area contributed by atoms with Crippen molar-refractivity contribution in [3.8, 4) is 5.75 Å². The number of nitrogen functional groups attached to an aromatic ring is 1. The first-order chi connectivity index (χ1) is 9.60. The highest BCUT2D eigenvalue weighted by atomic mass is 32.1. The van der Waals surface area contributed by atoms with Gasteiger partial charge in [-0.2, -0.15) is 0 Å². The fraction of sp³-hybridized carbons (Fsp3) is 0.188. The third kappa shape index (κ3) is 3.48. The predicted molar refractivity (Wildman–Crippen MR) is 88.5 cm³/mol. The van der Waals surface area contributed by atoms with Gasteiger partial charge in [-0.1, -0.05) is 42.5 Å². The highest BCUT2D eigenvalue weighted by molar-refractivity contribution is 7.80. The van der Waals surface area contributed by atoms with E-state index < -0.39 is 0 Å². The number of nitrogens with two attached hydrogens (primary N) is 1. The molecule has 0 bridgehead atoms. The van der Waals surface area contributed by atoms with Crippen molar-refractivity contribution in [1.29, 1.82) is 0 Å². The second-order valence-corrected chi connectivity index (χ2v) is 5.11. The predicted octanol–water partition coefficient (Wildman–Crippen LogP) is 3.57. The van der Waals surface area contributed by atoms with E-state index in [1.54, 1.807) is 7.11 Å². The van der Waals surface area contributed by atoms with E-state index in [1.807, 2.05) is 37.3 Å². The molecule has 3 N–H and O–H groups in total. The summed E-state index contributed by atoms with van der Waals surface area (Å²) in [6.45, 7) is 1.99. The lowest BCUT2D eigenvalue weighted by Crippen LogP contribution is -2.13. The summed E-state index contributed by atoms with van der Waals surface area (Å²) in [7, 11) is 1.60. The summed E-state index contributed by atoms with van der Waals surface area (Å²) in [6, 6.07) is 13.9. The monoisotopic (exact) mass is 286 g/mol. The molecule has 0 aromatic heterocycles. The Morgan fingerprint density at radius 2 is 1.95 bits per heavy atom. The molecule has 0 fully saturated rings. The zero-order chi connectivity index (χ0) is 14.5. The first-order valence-electron chi connectivity index (χ1n) is 6.38. The van der Waals surface area contributed by atoms with Gasteiger partial charge >= 0.3 is 0 Å². The summed E-state index contributed by atoms with van der Waals surface area (Å²) in [5.74, 6) is 0.653. The smallest absolute Gasteiger partial charge is 0.143 e. The van der Waals surface area contributed by atoms with Crippen LogP contribution >= 0.6 is 12.2 Å². The maximum atomic E-state index is 5.87. The van der Waals surface area contributed by atoms with E-state index >= 15 is 0 Å². The largest absolute Gasteiger partial charge is 0.495 e. The fourth-order valence-electron chi connectivity index (χ4n) is 2.00. The van der Waals surface area contributed by atoms with E-state index in [9.17, 15) is 0 Å². The molecule has 4 heteroatoms. The van der Waals surface area contributed by atoms with Crippen LogP contribution in [0.2, 0.25) is 0 Å². The molecule has 0 heterocycles. The number of nitrogens with one attached hydrogen (secondary N) is 1. The average molecular weight is 286 g/mol. The van der Waals surface area contributed by atoms with Crippen molar-refractivity contribution in [3.05, 3.63) is 53.6 Å². The molecule has 0 atom stereocenters. The maximum Gasteiger partial charge on any atom is 0.143 e. The molecule has 2 aromatic rings. The highest BCUT2D eigenvalue weighted by Gasteiger charge is 2.07. The fourth-order valence-corrected chi connectivity index (χ4v) is 2.27. The van der Waals surface area contributed by atoms with E-state index in [0.717, 1.165) is 16.2 Å². The molecule has 0 unspecified atom stereocenters. The van der Waals surface area contributed by atoms with Gasteiger partial charge in [0.1, 0.15) is 5.75 Å². The third-order valence-corrected chi connectivity index (χ3v) is 3.30. The number of ether oxygens (including phenoxy) is 1. The van der Waals surface area contributed by atoms with Crippen LogP contribution in [0.3, 0.4) is 0 Å². The molecule has 0 aliphatic carbocycles. The van der Waals surface area contributed by atoms with Crippen molar-refractivity contribution in [3.63, 3.8) is 0 Å². The minimum Gasteiger partial charge on any atom is -0.495 e. The van der Waals surface area contributed by atoms with Crippen LogP contribution in [0.4, 0.5) is 11.4 Å². The van der Waals surface area contributed by atoms with Crippen molar-refractivity contribution < 1.29 is 4.74 Å². The lowest BCUT2D eigenvalue weighted by atomic mass is 10.1. The van der Waals surface area contributed by atoms with Crippen LogP contribution in [-0.2, 0) is 6.42 Å². The summed E-state index contributed by atoms with van der Waals surface area (Å²) in [4.78, 5) is 0.770. The quantitative estimate of drug-likeness (QED) is 0.666. The van der Waals surface area contributed by atoms with Crippen molar-refractivity contribution in [2.75, 3.05) is 18.2 Å². The lowest BCUT2D eigenvalue weighted by Gasteiger charge is -2.14. The van der Waals surface area contributed by atoms with Gasteiger partial charge in [-0.05, 0) is 24.1 Å². The Bertz CT molecular complexity index is 611. The topological polar surface area (TPSA) is 47.3 Å². The zero-order valence-corrected chi connectivity index (χ0v) is 12.5. The van der Waals surface area contributed by atoms with Crippen LogP contribution in [-0.4, -0.2) is 12.1 Å². The van der Waals surface area contributed by atoms with Gasteiger partial charge in [0.15, 0.2) is 0 Å². The van der Waals surface area contributed by atoms with Gasteiger partial charge in [0, 0.05) is 18.2 Å². The molecular formula is C16H18N2OS. The first-order valence-corrected chi connectivity index (χ1v) is 6.79. The summed E-state index contributed by atoms with van der Waals surface area (Å²) in [5, 5.41) is 3.26. The Kier molecular flexibility index (Phi) is 4.58. The normalized spacial score (nSPS) is 10.1. The van der Waals surface area contributed by atoms with Gasteiger partial charge in [-0.3, -0.25) is 0 Å². The molecule has 0 saturated heterocycles. The molecule has 2 rings (SSSR count). The first kappa shape index (κ1) is 14.3. The minimum absolute atomic E-state index is 0.629. The molecule has 104 valence electrons. The number of hydrogen-bond donors (Lipinski definition) is 2. The molecule has 0 saturated carbocycles. The van der Waals surface area contributed by atoms with Crippen molar-refractivity contribution in [2.45, 2.75) is 13.3 Å². The summed E-state index contributed by atoms with van der Waals surface area (Å²) in [6.07, 6.45) is 0.711. The Balaban J connectivity index is 2.12. The van der Waals surface area contributed by atoms with Gasteiger partial charge in [0.05, 0.1) is 17.8 Å². The second-order valence-electron chi connectivity index (χ2n) is 4.62. The van der Waals surface area contributed by atoms with Gasteiger partial charge in [0.25, 0.3) is 0 Å². The molecule has 0 aliphatic heterocycles. The van der Waals surface area contributed by atoms with Crippen LogP contribution in [0.15, 0.2) is 42.5 Å². The summed E-state index contributed by atoms with van der Waals surface area (Å²) < 4.78 is 5.23. The maximum absolute atomic E-state index is 5.87. The number of benzene rings is 2. The lowest BCUT2D eigenvalue weighted by molar-refractivity contribution is 0.417. The van der Waals surface area contributed by atoms with Gasteiger partial charge < -0.3 is 15.8 Å². The molecule has 0 radical (unpaired) electrons. The zero-order valence-electron chi connectivity index (χ0n) is 11.6. The molecule has 0 aliphatic rings. The van der Waals surface area contributed by atoms with E-state index in [0.29, 0.717) is 17.9 Å². The van der Waals surface area contributed by atoms with Gasteiger partial charge in [-0.15, -0.1) is 0 Å². The number of methoxy groups -OCH3 is 1. The highest BCUT2D eigenvalue weighted by Crippen LogP contribution is 2.28. The molecule has 3 nitrogen and oxygen atoms in total. The summed E-state index contributed by atoms with van der Waals surface area (Å²) in [5.41, 5.74) is 9.65. The number of anilines is 2. The minimum atomic E-state index is 0.629. The number of hydrogen-bond acceptors (Lipinski definition) is 3. The Morgan fingerprint density at radius 1 is 1.25 bits per heavy atom. The van der Waals surface area contributed by atoms with Crippen LogP contribution in [0.25, 0.3) is 0 Å². The van der Waals surface area contributed by atoms with E-state index in [4.69, 9.17) is 22.7 Å². The van der Waals surface area contributed by atoms with Crippen LogP contribution < -0.4 is 15.8 Å². The number of aryl methyl sites for hydroxylation is 1. The van der Waals surface area contributed by atoms with Crippen molar-refractivity contribution in [2.24, 2.45) is 0 Å². The molecule has 0 spiro atoms. The number of thiocarbonyl (C=S) groups is 1. The van der Waals surface area contributed by atoms with Crippen LogP contribution in [0.1, 0.15) is 11.1 Å². The van der Waals surface area contributed by atoms with Crippen molar-refractivity contribution in [1.82, 2.24) is 0 Å². The van der Waals surface area contributed by atoms with Crippen LogP contribution in [0.5, 0.6) is 5.75 Å². The van der Waals surface area contributed by atoms with Crippen molar-refractivity contribution >= 4 is 28.6 Å². The van der Waals surface area contributed by atoms with Crippen LogP contribution in [0, 0.1) is 6.92 Å². The SMILES string of the molecule is COc1cc(NC(=S)Cc2ccccc2)c(C)cc1N.